The van der Waals surface area contributed by atoms with Crippen molar-refractivity contribution in [2.75, 3.05) is 20.2 Å². The van der Waals surface area contributed by atoms with Gasteiger partial charge in [0, 0.05) is 18.1 Å². The van der Waals surface area contributed by atoms with Crippen LogP contribution in [0.25, 0.3) is 0 Å². The number of halogens is 1. The zero-order valence-corrected chi connectivity index (χ0v) is 12.1. The molecule has 0 bridgehead atoms. The van der Waals surface area contributed by atoms with Crippen molar-refractivity contribution in [1.82, 2.24) is 10.2 Å². The predicted molar refractivity (Wildman–Crippen MR) is 73.8 cm³/mol. The number of ether oxygens (including phenoxy) is 1. The Balaban J connectivity index is 1.71. The molecule has 6 heteroatoms. The number of carbonyl (C=O) groups is 2. The highest BCUT2D eigenvalue weighted by Crippen LogP contribution is 2.16. The summed E-state index contributed by atoms with van der Waals surface area (Å²) in [6.45, 7) is 0.969. The summed E-state index contributed by atoms with van der Waals surface area (Å²) in [4.78, 5) is 24.1. The number of nitrogens with zero attached hydrogens (tertiary/aromatic N) is 1. The van der Waals surface area contributed by atoms with Crippen LogP contribution in [0.2, 0.25) is 0 Å². The topological polar surface area (TPSA) is 58.6 Å². The number of imide groups is 1. The van der Waals surface area contributed by atoms with Gasteiger partial charge in [-0.1, -0.05) is 15.9 Å². The number of benzene rings is 1. The van der Waals surface area contributed by atoms with Crippen LogP contribution in [0.3, 0.4) is 0 Å². The predicted octanol–water partition coefficient (Wildman–Crippen LogP) is 1.17. The van der Waals surface area contributed by atoms with Gasteiger partial charge in [0.15, 0.2) is 0 Å². The molecule has 1 heterocycles. The Kier molecular flexibility index (Phi) is 4.55. The van der Waals surface area contributed by atoms with Crippen LogP contribution in [0.15, 0.2) is 28.7 Å². The van der Waals surface area contributed by atoms with E-state index in [0.29, 0.717) is 13.2 Å². The van der Waals surface area contributed by atoms with E-state index in [1.54, 1.807) is 0 Å². The number of amides is 2. The first-order valence-electron chi connectivity index (χ1n) is 6.00. The number of hydrogen-bond donors (Lipinski definition) is 1. The standard InChI is InChI=1S/C13H15BrN2O3/c1-16-12(17)8-11(13(16)18)15-6-7-19-10-4-2-9(14)3-5-10/h2-5,11,15H,6-8H2,1H3. The summed E-state index contributed by atoms with van der Waals surface area (Å²) in [6.07, 6.45) is 0.230. The van der Waals surface area contributed by atoms with E-state index in [4.69, 9.17) is 4.74 Å². The minimum absolute atomic E-state index is 0.142. The fraction of sp³-hybridized carbons (Fsp3) is 0.385. The van der Waals surface area contributed by atoms with Gasteiger partial charge < -0.3 is 10.1 Å². The zero-order chi connectivity index (χ0) is 13.8. The number of hydrogen-bond acceptors (Lipinski definition) is 4. The van der Waals surface area contributed by atoms with Crippen LogP contribution in [0.1, 0.15) is 6.42 Å². The molecule has 1 unspecified atom stereocenters. The van der Waals surface area contributed by atoms with Gasteiger partial charge in [0.05, 0.1) is 12.5 Å². The average molecular weight is 327 g/mol. The van der Waals surface area contributed by atoms with Crippen molar-refractivity contribution in [3.8, 4) is 5.75 Å². The van der Waals surface area contributed by atoms with Crippen molar-refractivity contribution in [2.45, 2.75) is 12.5 Å². The van der Waals surface area contributed by atoms with Crippen LogP contribution >= 0.6 is 15.9 Å². The first-order chi connectivity index (χ1) is 9.08. The van der Waals surface area contributed by atoms with Crippen LogP contribution in [-0.2, 0) is 9.59 Å². The van der Waals surface area contributed by atoms with E-state index in [0.717, 1.165) is 15.1 Å². The second-order valence-electron chi connectivity index (χ2n) is 4.30. The van der Waals surface area contributed by atoms with E-state index >= 15 is 0 Å². The maximum absolute atomic E-state index is 11.6. The molecule has 2 rings (SSSR count). The van der Waals surface area contributed by atoms with Gasteiger partial charge in [-0.15, -0.1) is 0 Å². The van der Waals surface area contributed by atoms with E-state index in [1.807, 2.05) is 24.3 Å². The third-order valence-electron chi connectivity index (χ3n) is 2.96. The van der Waals surface area contributed by atoms with Crippen molar-refractivity contribution >= 4 is 27.7 Å². The molecule has 0 aromatic heterocycles. The molecule has 19 heavy (non-hydrogen) atoms. The van der Waals surface area contributed by atoms with Crippen LogP contribution in [0.4, 0.5) is 0 Å². The first kappa shape index (κ1) is 14.0. The number of likely N-dealkylation sites (tertiary alicyclic amines) is 1. The molecule has 1 atom stereocenters. The summed E-state index contributed by atoms with van der Waals surface area (Å²) < 4.78 is 6.51. The summed E-state index contributed by atoms with van der Waals surface area (Å²) in [7, 11) is 1.50. The Morgan fingerprint density at radius 3 is 2.63 bits per heavy atom. The van der Waals surface area contributed by atoms with Gasteiger partial charge in [-0.2, -0.15) is 0 Å². The molecule has 0 radical (unpaired) electrons. The molecule has 0 saturated carbocycles. The molecule has 1 N–H and O–H groups in total. The molecule has 102 valence electrons. The lowest BCUT2D eigenvalue weighted by Gasteiger charge is -2.11. The molecule has 1 aromatic carbocycles. The highest BCUT2D eigenvalue weighted by atomic mass is 79.9. The van der Waals surface area contributed by atoms with E-state index in [2.05, 4.69) is 21.2 Å². The van der Waals surface area contributed by atoms with Gasteiger partial charge in [-0.25, -0.2) is 0 Å². The van der Waals surface area contributed by atoms with E-state index < -0.39 is 6.04 Å². The van der Waals surface area contributed by atoms with Gasteiger partial charge in [0.1, 0.15) is 12.4 Å². The van der Waals surface area contributed by atoms with Crippen LogP contribution in [-0.4, -0.2) is 43.0 Å². The Hall–Kier alpha value is -1.40. The number of rotatable bonds is 5. The zero-order valence-electron chi connectivity index (χ0n) is 10.6. The van der Waals surface area contributed by atoms with E-state index in [9.17, 15) is 9.59 Å². The van der Waals surface area contributed by atoms with Gasteiger partial charge in [-0.05, 0) is 24.3 Å². The summed E-state index contributed by atoms with van der Waals surface area (Å²) in [5.74, 6) is 0.459. The highest BCUT2D eigenvalue weighted by Gasteiger charge is 2.35. The Morgan fingerprint density at radius 1 is 1.37 bits per heavy atom. The molecular formula is C13H15BrN2O3. The molecule has 1 fully saturated rings. The van der Waals surface area contributed by atoms with Gasteiger partial charge in [-0.3, -0.25) is 14.5 Å². The third-order valence-corrected chi connectivity index (χ3v) is 3.49. The quantitative estimate of drug-likeness (QED) is 0.652. The number of carbonyl (C=O) groups excluding carboxylic acids is 2. The normalized spacial score (nSPS) is 19.1. The Labute approximate surface area is 120 Å². The summed E-state index contributed by atoms with van der Waals surface area (Å²) in [5, 5.41) is 3.03. The number of likely N-dealkylation sites (N-methyl/N-ethyl adjacent to an activating group) is 1. The van der Waals surface area contributed by atoms with E-state index in [1.165, 1.54) is 7.05 Å². The summed E-state index contributed by atoms with van der Waals surface area (Å²) in [6, 6.07) is 7.11. The molecule has 1 aliphatic heterocycles. The second kappa shape index (κ2) is 6.16. The van der Waals surface area contributed by atoms with Crippen LogP contribution < -0.4 is 10.1 Å². The lowest BCUT2D eigenvalue weighted by molar-refractivity contribution is -0.137. The van der Waals surface area contributed by atoms with Crippen LogP contribution in [0, 0.1) is 0 Å². The fourth-order valence-electron chi connectivity index (χ4n) is 1.85. The smallest absolute Gasteiger partial charge is 0.246 e. The fourth-order valence-corrected chi connectivity index (χ4v) is 2.11. The van der Waals surface area contributed by atoms with Gasteiger partial charge >= 0.3 is 0 Å². The van der Waals surface area contributed by atoms with E-state index in [-0.39, 0.29) is 18.2 Å². The molecule has 1 aliphatic rings. The van der Waals surface area contributed by atoms with Crippen molar-refractivity contribution in [3.63, 3.8) is 0 Å². The van der Waals surface area contributed by atoms with Crippen molar-refractivity contribution < 1.29 is 14.3 Å². The van der Waals surface area contributed by atoms with Gasteiger partial charge in [0.25, 0.3) is 0 Å². The lowest BCUT2D eigenvalue weighted by atomic mass is 10.2. The largest absolute Gasteiger partial charge is 0.492 e. The van der Waals surface area contributed by atoms with Crippen molar-refractivity contribution in [1.29, 1.82) is 0 Å². The highest BCUT2D eigenvalue weighted by molar-refractivity contribution is 9.10. The summed E-state index contributed by atoms with van der Waals surface area (Å²) in [5.41, 5.74) is 0. The van der Waals surface area contributed by atoms with Gasteiger partial charge in [0.2, 0.25) is 11.8 Å². The Morgan fingerprint density at radius 2 is 2.05 bits per heavy atom. The minimum Gasteiger partial charge on any atom is -0.492 e. The molecule has 5 nitrogen and oxygen atoms in total. The summed E-state index contributed by atoms with van der Waals surface area (Å²) >= 11 is 3.35. The maximum atomic E-state index is 11.6. The first-order valence-corrected chi connectivity index (χ1v) is 6.79. The molecular weight excluding hydrogens is 312 g/mol. The second-order valence-corrected chi connectivity index (χ2v) is 5.22. The van der Waals surface area contributed by atoms with Crippen LogP contribution in [0.5, 0.6) is 5.75 Å². The molecule has 1 saturated heterocycles. The Bertz CT molecular complexity index is 475. The van der Waals surface area contributed by atoms with Crippen molar-refractivity contribution in [3.05, 3.63) is 28.7 Å². The number of nitrogens with one attached hydrogen (secondary N) is 1. The SMILES string of the molecule is CN1C(=O)CC(NCCOc2ccc(Br)cc2)C1=O. The average Bonchev–Trinajstić information content (AvgIpc) is 2.64. The van der Waals surface area contributed by atoms with Crippen molar-refractivity contribution in [2.24, 2.45) is 0 Å². The third kappa shape index (κ3) is 3.54. The maximum Gasteiger partial charge on any atom is 0.246 e. The minimum atomic E-state index is -0.411. The monoisotopic (exact) mass is 326 g/mol. The molecule has 2 amide bonds. The molecule has 0 aliphatic carbocycles. The lowest BCUT2D eigenvalue weighted by Crippen LogP contribution is -2.39. The molecule has 1 aromatic rings. The molecule has 0 spiro atoms.